The fourth-order valence-corrected chi connectivity index (χ4v) is 2.08. The normalized spacial score (nSPS) is 14.2. The average molecular weight is 218 g/mol. The van der Waals surface area contributed by atoms with Crippen molar-refractivity contribution in [3.63, 3.8) is 0 Å². The molecule has 6 nitrogen and oxygen atoms in total. The standard InChI is InChI=1S/C7H14N4O2S/c1-6(3-8)14(12,13)5-7-4-11(2)10-9-7/h4,6H,3,5,8H2,1-2H3. The molecular weight excluding hydrogens is 204 g/mol. The van der Waals surface area contributed by atoms with E-state index in [1.165, 1.54) is 4.68 Å². The minimum absolute atomic E-state index is 0.0980. The summed E-state index contributed by atoms with van der Waals surface area (Å²) in [6.45, 7) is 1.72. The van der Waals surface area contributed by atoms with Gasteiger partial charge in [-0.1, -0.05) is 5.21 Å². The van der Waals surface area contributed by atoms with Gasteiger partial charge in [0.2, 0.25) is 0 Å². The van der Waals surface area contributed by atoms with Crippen molar-refractivity contribution in [3.8, 4) is 0 Å². The lowest BCUT2D eigenvalue weighted by molar-refractivity contribution is 0.582. The Labute approximate surface area is 83.0 Å². The summed E-state index contributed by atoms with van der Waals surface area (Å²) >= 11 is 0. The first-order valence-electron chi connectivity index (χ1n) is 4.22. The first-order chi connectivity index (χ1) is 6.45. The summed E-state index contributed by atoms with van der Waals surface area (Å²) in [6.07, 6.45) is 1.58. The third-order valence-corrected chi connectivity index (χ3v) is 4.06. The van der Waals surface area contributed by atoms with E-state index in [4.69, 9.17) is 5.73 Å². The van der Waals surface area contributed by atoms with Crippen molar-refractivity contribution in [1.29, 1.82) is 0 Å². The third-order valence-electron chi connectivity index (χ3n) is 1.94. The molecule has 1 heterocycles. The Hall–Kier alpha value is -0.950. The van der Waals surface area contributed by atoms with E-state index in [2.05, 4.69) is 10.3 Å². The molecule has 0 spiro atoms. The van der Waals surface area contributed by atoms with Crippen LogP contribution in [0.1, 0.15) is 12.6 Å². The van der Waals surface area contributed by atoms with E-state index in [0.717, 1.165) is 0 Å². The van der Waals surface area contributed by atoms with Crippen LogP contribution in [0.3, 0.4) is 0 Å². The Morgan fingerprint density at radius 1 is 1.64 bits per heavy atom. The van der Waals surface area contributed by atoms with Crippen LogP contribution in [0.4, 0.5) is 0 Å². The van der Waals surface area contributed by atoms with Crippen LogP contribution >= 0.6 is 0 Å². The molecule has 1 unspecified atom stereocenters. The van der Waals surface area contributed by atoms with Gasteiger partial charge in [0.05, 0.1) is 16.7 Å². The molecule has 1 rings (SSSR count). The molecule has 0 radical (unpaired) electrons. The number of hydrogen-bond acceptors (Lipinski definition) is 5. The van der Waals surface area contributed by atoms with Crippen LogP contribution < -0.4 is 5.73 Å². The highest BCUT2D eigenvalue weighted by Gasteiger charge is 2.21. The zero-order valence-electron chi connectivity index (χ0n) is 8.21. The molecule has 14 heavy (non-hydrogen) atoms. The van der Waals surface area contributed by atoms with Gasteiger partial charge in [-0.2, -0.15) is 0 Å². The van der Waals surface area contributed by atoms with Crippen molar-refractivity contribution in [1.82, 2.24) is 15.0 Å². The maximum absolute atomic E-state index is 11.6. The molecule has 0 bridgehead atoms. The average Bonchev–Trinajstić information content (AvgIpc) is 2.48. The van der Waals surface area contributed by atoms with Gasteiger partial charge in [0.25, 0.3) is 0 Å². The monoisotopic (exact) mass is 218 g/mol. The second-order valence-corrected chi connectivity index (χ2v) is 5.66. The predicted molar refractivity (Wildman–Crippen MR) is 52.1 cm³/mol. The Morgan fingerprint density at radius 2 is 2.29 bits per heavy atom. The van der Waals surface area contributed by atoms with E-state index in [0.29, 0.717) is 5.69 Å². The minimum atomic E-state index is -3.19. The van der Waals surface area contributed by atoms with Gasteiger partial charge in [0.1, 0.15) is 0 Å². The van der Waals surface area contributed by atoms with Gasteiger partial charge >= 0.3 is 0 Å². The number of sulfone groups is 1. The maximum Gasteiger partial charge on any atom is 0.159 e. The van der Waals surface area contributed by atoms with Gasteiger partial charge < -0.3 is 5.73 Å². The van der Waals surface area contributed by atoms with Crippen molar-refractivity contribution in [3.05, 3.63) is 11.9 Å². The van der Waals surface area contributed by atoms with E-state index in [-0.39, 0.29) is 12.3 Å². The highest BCUT2D eigenvalue weighted by atomic mass is 32.2. The van der Waals surface area contributed by atoms with Gasteiger partial charge in [0, 0.05) is 19.8 Å². The zero-order valence-corrected chi connectivity index (χ0v) is 9.03. The van der Waals surface area contributed by atoms with Crippen LogP contribution in [0, 0.1) is 0 Å². The Morgan fingerprint density at radius 3 is 2.71 bits per heavy atom. The number of aryl methyl sites for hydroxylation is 1. The summed E-state index contributed by atoms with van der Waals surface area (Å²) in [6, 6.07) is 0. The number of nitrogens with two attached hydrogens (primary N) is 1. The Bertz CT molecular complexity index is 398. The van der Waals surface area contributed by atoms with Crippen molar-refractivity contribution < 1.29 is 8.42 Å². The van der Waals surface area contributed by atoms with Crippen molar-refractivity contribution in [2.24, 2.45) is 12.8 Å². The Kier molecular flexibility index (Phi) is 3.22. The molecular formula is C7H14N4O2S. The molecule has 1 aromatic heterocycles. The van der Waals surface area contributed by atoms with Gasteiger partial charge in [-0.05, 0) is 6.92 Å². The largest absolute Gasteiger partial charge is 0.329 e. The van der Waals surface area contributed by atoms with Gasteiger partial charge in [-0.25, -0.2) is 8.42 Å². The first-order valence-corrected chi connectivity index (χ1v) is 5.94. The van der Waals surface area contributed by atoms with Crippen LogP contribution in [0.15, 0.2) is 6.20 Å². The lowest BCUT2D eigenvalue weighted by Crippen LogP contribution is -2.27. The predicted octanol–water partition coefficient (Wildman–Crippen LogP) is -0.923. The summed E-state index contributed by atoms with van der Waals surface area (Å²) in [7, 11) is -1.50. The Balaban J connectivity index is 2.78. The van der Waals surface area contributed by atoms with Crippen LogP contribution in [-0.2, 0) is 22.6 Å². The van der Waals surface area contributed by atoms with Crippen LogP contribution in [0.25, 0.3) is 0 Å². The van der Waals surface area contributed by atoms with E-state index < -0.39 is 15.1 Å². The number of hydrogen-bond donors (Lipinski definition) is 1. The van der Waals surface area contributed by atoms with Gasteiger partial charge in [0.15, 0.2) is 9.84 Å². The topological polar surface area (TPSA) is 90.9 Å². The fraction of sp³-hybridized carbons (Fsp3) is 0.714. The molecule has 0 saturated carbocycles. The number of nitrogens with zero attached hydrogens (tertiary/aromatic N) is 3. The maximum atomic E-state index is 11.6. The SMILES string of the molecule is CC(CN)S(=O)(=O)Cc1cn(C)nn1. The van der Waals surface area contributed by atoms with Crippen molar-refractivity contribution in [2.45, 2.75) is 17.9 Å². The summed E-state index contributed by atoms with van der Waals surface area (Å²) in [4.78, 5) is 0. The third kappa shape index (κ3) is 2.52. The highest BCUT2D eigenvalue weighted by Crippen LogP contribution is 2.07. The zero-order chi connectivity index (χ0) is 10.8. The molecule has 1 atom stereocenters. The smallest absolute Gasteiger partial charge is 0.159 e. The summed E-state index contributed by atoms with van der Waals surface area (Å²) < 4.78 is 24.6. The minimum Gasteiger partial charge on any atom is -0.329 e. The number of aromatic nitrogens is 3. The van der Waals surface area contributed by atoms with Gasteiger partial charge in [-0.3, -0.25) is 4.68 Å². The molecule has 0 fully saturated rings. The van der Waals surface area contributed by atoms with E-state index in [1.54, 1.807) is 20.2 Å². The fourth-order valence-electron chi connectivity index (χ4n) is 0.956. The molecule has 0 saturated heterocycles. The van der Waals surface area contributed by atoms with E-state index in [1.807, 2.05) is 0 Å². The molecule has 2 N–H and O–H groups in total. The van der Waals surface area contributed by atoms with Crippen molar-refractivity contribution >= 4 is 9.84 Å². The quantitative estimate of drug-likeness (QED) is 0.705. The molecule has 0 amide bonds. The summed E-state index contributed by atoms with van der Waals surface area (Å²) in [5, 5.41) is 6.83. The first kappa shape index (κ1) is 11.1. The second-order valence-electron chi connectivity index (χ2n) is 3.24. The molecule has 0 aliphatic heterocycles. The molecule has 0 aliphatic rings. The second kappa shape index (κ2) is 4.05. The lowest BCUT2D eigenvalue weighted by atomic mass is 10.5. The van der Waals surface area contributed by atoms with Crippen molar-refractivity contribution in [2.75, 3.05) is 6.54 Å². The van der Waals surface area contributed by atoms with E-state index >= 15 is 0 Å². The van der Waals surface area contributed by atoms with Crippen LogP contribution in [0.5, 0.6) is 0 Å². The molecule has 0 aliphatic carbocycles. The summed E-state index contributed by atoms with van der Waals surface area (Å²) in [5.74, 6) is -0.0980. The summed E-state index contributed by atoms with van der Waals surface area (Å²) in [5.41, 5.74) is 5.75. The van der Waals surface area contributed by atoms with Crippen LogP contribution in [-0.4, -0.2) is 35.2 Å². The molecule has 7 heteroatoms. The lowest BCUT2D eigenvalue weighted by Gasteiger charge is -2.07. The van der Waals surface area contributed by atoms with E-state index in [9.17, 15) is 8.42 Å². The molecule has 80 valence electrons. The van der Waals surface area contributed by atoms with Crippen LogP contribution in [0.2, 0.25) is 0 Å². The highest BCUT2D eigenvalue weighted by molar-refractivity contribution is 7.91. The number of rotatable bonds is 4. The molecule has 1 aromatic rings. The molecule has 0 aromatic carbocycles. The van der Waals surface area contributed by atoms with Gasteiger partial charge in [-0.15, -0.1) is 5.10 Å².